The molecule has 0 aliphatic heterocycles. The summed E-state index contributed by atoms with van der Waals surface area (Å²) in [6.07, 6.45) is 8.12. The first-order chi connectivity index (χ1) is 24.2. The summed E-state index contributed by atoms with van der Waals surface area (Å²) in [5.74, 6) is 0. The highest BCUT2D eigenvalue weighted by Gasteiger charge is 2.28. The van der Waals surface area contributed by atoms with Crippen LogP contribution in [0.25, 0.3) is 76.9 Å². The first kappa shape index (κ1) is 28.2. The van der Waals surface area contributed by atoms with Crippen molar-refractivity contribution in [3.63, 3.8) is 0 Å². The fourth-order valence-electron chi connectivity index (χ4n) is 8.49. The van der Waals surface area contributed by atoms with Crippen LogP contribution in [0.1, 0.15) is 31.7 Å². The van der Waals surface area contributed by atoms with Crippen molar-refractivity contribution in [3.8, 4) is 22.5 Å². The Morgan fingerprint density at radius 2 is 1.04 bits per heavy atom. The molecule has 234 valence electrons. The quantitative estimate of drug-likeness (QED) is 0.172. The normalized spacial score (nSPS) is 16.4. The van der Waals surface area contributed by atoms with Crippen molar-refractivity contribution in [1.82, 2.24) is 9.13 Å². The highest BCUT2D eigenvalue weighted by molar-refractivity contribution is 6.22. The third kappa shape index (κ3) is 4.34. The molecule has 0 saturated carbocycles. The van der Waals surface area contributed by atoms with E-state index in [1.54, 1.807) is 0 Å². The Balaban J connectivity index is 1.23. The number of aromatic nitrogens is 2. The van der Waals surface area contributed by atoms with E-state index in [-0.39, 0.29) is 5.41 Å². The van der Waals surface area contributed by atoms with Crippen LogP contribution < -0.4 is 0 Å². The molecule has 1 atom stereocenters. The van der Waals surface area contributed by atoms with Crippen LogP contribution in [0.4, 0.5) is 0 Å². The fourth-order valence-corrected chi connectivity index (χ4v) is 8.49. The second-order valence-corrected chi connectivity index (χ2v) is 14.0. The van der Waals surface area contributed by atoms with Crippen molar-refractivity contribution in [2.75, 3.05) is 0 Å². The second kappa shape index (κ2) is 10.8. The zero-order chi connectivity index (χ0) is 32.5. The highest BCUT2D eigenvalue weighted by Crippen LogP contribution is 2.42. The molecule has 10 rings (SSSR count). The Labute approximate surface area is 286 Å². The van der Waals surface area contributed by atoms with Gasteiger partial charge in [0.1, 0.15) is 0 Å². The minimum atomic E-state index is 0.155. The smallest absolute Gasteiger partial charge is 0.0547 e. The molecular formula is C47H36N2. The maximum Gasteiger partial charge on any atom is 0.0547 e. The van der Waals surface area contributed by atoms with E-state index < -0.39 is 0 Å². The predicted octanol–water partition coefficient (Wildman–Crippen LogP) is 12.7. The van der Waals surface area contributed by atoms with Gasteiger partial charge in [0.25, 0.3) is 0 Å². The van der Waals surface area contributed by atoms with E-state index in [0.717, 1.165) is 12.8 Å². The van der Waals surface area contributed by atoms with Gasteiger partial charge in [-0.3, -0.25) is 0 Å². The summed E-state index contributed by atoms with van der Waals surface area (Å²) >= 11 is 0. The van der Waals surface area contributed by atoms with E-state index >= 15 is 0 Å². The average molecular weight is 629 g/mol. The zero-order valence-electron chi connectivity index (χ0n) is 27.6. The van der Waals surface area contributed by atoms with E-state index in [1.165, 1.54) is 88.9 Å². The summed E-state index contributed by atoms with van der Waals surface area (Å²) in [5.41, 5.74) is 11.4. The Bertz CT molecular complexity index is 2740. The molecule has 0 fully saturated rings. The van der Waals surface area contributed by atoms with Crippen molar-refractivity contribution in [2.24, 2.45) is 0 Å². The van der Waals surface area contributed by atoms with E-state index in [1.807, 2.05) is 0 Å². The number of fused-ring (bicyclic) bond motifs is 8. The molecule has 0 bridgehead atoms. The van der Waals surface area contributed by atoms with Crippen LogP contribution in [0.15, 0.2) is 164 Å². The van der Waals surface area contributed by atoms with E-state index in [4.69, 9.17) is 0 Å². The van der Waals surface area contributed by atoms with Gasteiger partial charge in [-0.2, -0.15) is 0 Å². The van der Waals surface area contributed by atoms with E-state index in [2.05, 4.69) is 180 Å². The number of rotatable bonds is 4. The number of benzene rings is 7. The lowest BCUT2D eigenvalue weighted by Gasteiger charge is -2.31. The summed E-state index contributed by atoms with van der Waals surface area (Å²) in [6.45, 7) is 2.43. The van der Waals surface area contributed by atoms with Gasteiger partial charge in [0.05, 0.1) is 22.1 Å². The minimum absolute atomic E-state index is 0.155. The molecule has 1 unspecified atom stereocenters. The van der Waals surface area contributed by atoms with Crippen LogP contribution >= 0.6 is 0 Å². The number of hydrogen-bond donors (Lipinski definition) is 0. The van der Waals surface area contributed by atoms with Crippen molar-refractivity contribution in [2.45, 2.75) is 31.6 Å². The molecule has 0 radical (unpaired) electrons. The van der Waals surface area contributed by atoms with Crippen molar-refractivity contribution >= 4 is 54.4 Å². The maximum absolute atomic E-state index is 2.49. The lowest BCUT2D eigenvalue weighted by molar-refractivity contribution is 0.428. The van der Waals surface area contributed by atoms with Gasteiger partial charge >= 0.3 is 0 Å². The molecule has 9 aromatic rings. The van der Waals surface area contributed by atoms with Gasteiger partial charge in [-0.15, -0.1) is 0 Å². The van der Waals surface area contributed by atoms with Gasteiger partial charge in [-0.25, -0.2) is 0 Å². The largest absolute Gasteiger partial charge is 0.309 e. The monoisotopic (exact) mass is 628 g/mol. The van der Waals surface area contributed by atoms with Gasteiger partial charge < -0.3 is 9.13 Å². The summed E-state index contributed by atoms with van der Waals surface area (Å²) in [5, 5.41) is 7.75. The average Bonchev–Trinajstić information content (AvgIpc) is 3.68. The molecule has 0 spiro atoms. The lowest BCUT2D eigenvalue weighted by atomic mass is 9.73. The maximum atomic E-state index is 2.49. The minimum Gasteiger partial charge on any atom is -0.309 e. The molecule has 7 aromatic carbocycles. The number of nitrogens with zero attached hydrogens (tertiary/aromatic N) is 2. The molecule has 49 heavy (non-hydrogen) atoms. The Morgan fingerprint density at radius 1 is 0.469 bits per heavy atom. The molecule has 2 aromatic heterocycles. The Hall–Kier alpha value is -5.86. The van der Waals surface area contributed by atoms with E-state index in [0.29, 0.717) is 0 Å². The number of allylic oxidation sites excluding steroid dienone is 2. The Kier molecular flexibility index (Phi) is 6.23. The first-order valence-electron chi connectivity index (χ1n) is 17.5. The van der Waals surface area contributed by atoms with Crippen LogP contribution in [0.5, 0.6) is 0 Å². The van der Waals surface area contributed by atoms with E-state index in [9.17, 15) is 0 Å². The topological polar surface area (TPSA) is 9.86 Å². The molecule has 2 heteroatoms. The standard InChI is InChI=1S/C47H36N2/c1-47(27-11-4-12-28-47)35-22-26-43-40(31-35)39-29-33(20-23-42(39)48(43)36-14-5-2-6-15-36)34-21-24-44-41(30-34)46-38-18-10-9-13-32(38)19-25-45(46)49(44)37-16-7-3-8-17-37/h2-11,13-26,29-31H,12,27-28H2,1H3. The van der Waals surface area contributed by atoms with Crippen LogP contribution in [-0.4, -0.2) is 9.13 Å². The molecular weight excluding hydrogens is 593 g/mol. The van der Waals surface area contributed by atoms with Crippen LogP contribution in [0.3, 0.4) is 0 Å². The highest BCUT2D eigenvalue weighted by atomic mass is 15.0. The second-order valence-electron chi connectivity index (χ2n) is 14.0. The van der Waals surface area contributed by atoms with Gasteiger partial charge in [-0.05, 0) is 119 Å². The van der Waals surface area contributed by atoms with Crippen LogP contribution in [0, 0.1) is 0 Å². The molecule has 0 saturated heterocycles. The fraction of sp³-hybridized carbons (Fsp3) is 0.106. The molecule has 0 amide bonds. The van der Waals surface area contributed by atoms with Crippen LogP contribution in [-0.2, 0) is 5.41 Å². The third-order valence-electron chi connectivity index (χ3n) is 11.1. The number of hydrogen-bond acceptors (Lipinski definition) is 0. The summed E-state index contributed by atoms with van der Waals surface area (Å²) in [7, 11) is 0. The summed E-state index contributed by atoms with van der Waals surface area (Å²) < 4.78 is 4.85. The number of para-hydroxylation sites is 2. The lowest BCUT2D eigenvalue weighted by Crippen LogP contribution is -2.22. The van der Waals surface area contributed by atoms with Crippen molar-refractivity contribution < 1.29 is 0 Å². The van der Waals surface area contributed by atoms with Crippen LogP contribution in [0.2, 0.25) is 0 Å². The molecule has 0 N–H and O–H groups in total. The first-order valence-corrected chi connectivity index (χ1v) is 17.5. The zero-order valence-corrected chi connectivity index (χ0v) is 27.6. The van der Waals surface area contributed by atoms with Gasteiger partial charge in [0.15, 0.2) is 0 Å². The third-order valence-corrected chi connectivity index (χ3v) is 11.1. The summed E-state index contributed by atoms with van der Waals surface area (Å²) in [6, 6.07) is 56.2. The Morgan fingerprint density at radius 3 is 1.73 bits per heavy atom. The van der Waals surface area contributed by atoms with Crippen molar-refractivity contribution in [1.29, 1.82) is 0 Å². The van der Waals surface area contributed by atoms with Crippen molar-refractivity contribution in [3.05, 3.63) is 169 Å². The molecule has 1 aliphatic carbocycles. The predicted molar refractivity (Wildman–Crippen MR) is 208 cm³/mol. The SMILES string of the molecule is CC1(c2ccc3c(c2)c2cc(-c4ccc5c(c4)c4c6ccccc6ccc4n5-c4ccccc4)ccc2n3-c2ccccc2)CC=CCC1. The summed E-state index contributed by atoms with van der Waals surface area (Å²) in [4.78, 5) is 0. The van der Waals surface area contributed by atoms with Gasteiger partial charge in [-0.1, -0.05) is 104 Å². The van der Waals surface area contributed by atoms with Gasteiger partial charge in [0, 0.05) is 32.9 Å². The van der Waals surface area contributed by atoms with Gasteiger partial charge in [0.2, 0.25) is 0 Å². The molecule has 2 heterocycles. The molecule has 1 aliphatic rings. The molecule has 2 nitrogen and oxygen atoms in total.